The standard InChI is InChI=1S/C8H8BrN3/c9-8-3-1-7(2-4-8)5-6-11-12-10/h1-4H,5-6H2. The van der Waals surface area contributed by atoms with Gasteiger partial charge < -0.3 is 0 Å². The molecule has 0 aliphatic heterocycles. The molecule has 0 unspecified atom stereocenters. The van der Waals surface area contributed by atoms with Crippen molar-refractivity contribution in [3.8, 4) is 0 Å². The Labute approximate surface area is 79.2 Å². The second-order valence-electron chi connectivity index (χ2n) is 2.33. The van der Waals surface area contributed by atoms with Crippen molar-refractivity contribution >= 4 is 15.9 Å². The van der Waals surface area contributed by atoms with Crippen LogP contribution in [0, 0.1) is 0 Å². The van der Waals surface area contributed by atoms with Crippen LogP contribution < -0.4 is 0 Å². The molecule has 0 bridgehead atoms. The lowest BCUT2D eigenvalue weighted by molar-refractivity contribution is 0.956. The Bertz CT molecular complexity index is 288. The number of halogens is 1. The highest BCUT2D eigenvalue weighted by molar-refractivity contribution is 9.10. The van der Waals surface area contributed by atoms with Gasteiger partial charge in [-0.1, -0.05) is 33.2 Å². The number of benzene rings is 1. The first-order valence-corrected chi connectivity index (χ1v) is 4.37. The predicted octanol–water partition coefficient (Wildman–Crippen LogP) is 3.30. The van der Waals surface area contributed by atoms with E-state index in [0.717, 1.165) is 10.9 Å². The van der Waals surface area contributed by atoms with Crippen LogP contribution in [0.1, 0.15) is 5.56 Å². The van der Waals surface area contributed by atoms with Gasteiger partial charge >= 0.3 is 0 Å². The Morgan fingerprint density at radius 2 is 2.00 bits per heavy atom. The molecule has 4 heteroatoms. The van der Waals surface area contributed by atoms with Gasteiger partial charge in [0.05, 0.1) is 0 Å². The molecule has 1 aromatic carbocycles. The van der Waals surface area contributed by atoms with E-state index in [0.29, 0.717) is 6.54 Å². The molecule has 0 aliphatic carbocycles. The lowest BCUT2D eigenvalue weighted by Gasteiger charge is -1.96. The van der Waals surface area contributed by atoms with Crippen LogP contribution >= 0.6 is 15.9 Å². The molecule has 1 aromatic rings. The Morgan fingerprint density at radius 1 is 1.33 bits per heavy atom. The third-order valence-electron chi connectivity index (χ3n) is 1.48. The van der Waals surface area contributed by atoms with Gasteiger partial charge in [-0.25, -0.2) is 0 Å². The zero-order chi connectivity index (χ0) is 8.81. The monoisotopic (exact) mass is 225 g/mol. The van der Waals surface area contributed by atoms with Crippen molar-refractivity contribution in [2.45, 2.75) is 6.42 Å². The highest BCUT2D eigenvalue weighted by atomic mass is 79.9. The predicted molar refractivity (Wildman–Crippen MR) is 51.9 cm³/mol. The summed E-state index contributed by atoms with van der Waals surface area (Å²) in [4.78, 5) is 2.68. The van der Waals surface area contributed by atoms with Gasteiger partial charge in [0.25, 0.3) is 0 Å². The average Bonchev–Trinajstić information content (AvgIpc) is 2.09. The number of rotatable bonds is 3. The molecular formula is C8H8BrN3. The fourth-order valence-corrected chi connectivity index (χ4v) is 1.14. The normalized spacial score (nSPS) is 9.08. The lowest BCUT2D eigenvalue weighted by atomic mass is 10.2. The van der Waals surface area contributed by atoms with Crippen LogP contribution in [0.5, 0.6) is 0 Å². The molecule has 0 amide bonds. The van der Waals surface area contributed by atoms with Gasteiger partial charge in [-0.3, -0.25) is 0 Å². The molecule has 0 fully saturated rings. The second-order valence-corrected chi connectivity index (χ2v) is 3.25. The molecule has 0 aliphatic rings. The van der Waals surface area contributed by atoms with Crippen molar-refractivity contribution in [1.29, 1.82) is 0 Å². The highest BCUT2D eigenvalue weighted by Gasteiger charge is 1.90. The number of azide groups is 1. The molecule has 0 aromatic heterocycles. The number of hydrogen-bond acceptors (Lipinski definition) is 1. The molecule has 1 rings (SSSR count). The summed E-state index contributed by atoms with van der Waals surface area (Å²) in [5.41, 5.74) is 9.22. The summed E-state index contributed by atoms with van der Waals surface area (Å²) in [6.45, 7) is 0.526. The highest BCUT2D eigenvalue weighted by Crippen LogP contribution is 2.10. The minimum Gasteiger partial charge on any atom is -0.0936 e. The molecule has 0 spiro atoms. The van der Waals surface area contributed by atoms with E-state index in [1.807, 2.05) is 24.3 Å². The Morgan fingerprint density at radius 3 is 2.58 bits per heavy atom. The van der Waals surface area contributed by atoms with Gasteiger partial charge in [0.15, 0.2) is 0 Å². The van der Waals surface area contributed by atoms with Crippen molar-refractivity contribution in [3.05, 3.63) is 44.7 Å². The van der Waals surface area contributed by atoms with Crippen LogP contribution in [0.25, 0.3) is 10.4 Å². The van der Waals surface area contributed by atoms with E-state index in [1.54, 1.807) is 0 Å². The maximum absolute atomic E-state index is 8.04. The van der Waals surface area contributed by atoms with Gasteiger partial charge in [-0.15, -0.1) is 0 Å². The zero-order valence-electron chi connectivity index (χ0n) is 6.44. The quantitative estimate of drug-likeness (QED) is 0.431. The average molecular weight is 226 g/mol. The summed E-state index contributed by atoms with van der Waals surface area (Å²) in [6, 6.07) is 7.98. The molecule has 62 valence electrons. The zero-order valence-corrected chi connectivity index (χ0v) is 8.03. The van der Waals surface area contributed by atoms with E-state index in [4.69, 9.17) is 5.53 Å². The third kappa shape index (κ3) is 2.95. The topological polar surface area (TPSA) is 48.8 Å². The fraction of sp³-hybridized carbons (Fsp3) is 0.250. The molecule has 0 heterocycles. The molecule has 0 atom stereocenters. The van der Waals surface area contributed by atoms with Crippen molar-refractivity contribution in [2.75, 3.05) is 6.54 Å². The molecule has 0 N–H and O–H groups in total. The van der Waals surface area contributed by atoms with Crippen molar-refractivity contribution < 1.29 is 0 Å². The molecule has 0 radical (unpaired) electrons. The fourth-order valence-electron chi connectivity index (χ4n) is 0.875. The van der Waals surface area contributed by atoms with Crippen LogP contribution in [0.4, 0.5) is 0 Å². The van der Waals surface area contributed by atoms with E-state index in [2.05, 4.69) is 26.0 Å². The third-order valence-corrected chi connectivity index (χ3v) is 2.01. The Kier molecular flexibility index (Phi) is 3.64. The maximum Gasteiger partial charge on any atom is 0.0298 e. The van der Waals surface area contributed by atoms with E-state index in [-0.39, 0.29) is 0 Å². The van der Waals surface area contributed by atoms with E-state index < -0.39 is 0 Å². The minimum absolute atomic E-state index is 0.526. The van der Waals surface area contributed by atoms with Gasteiger partial charge in [0.1, 0.15) is 0 Å². The second kappa shape index (κ2) is 4.80. The molecule has 12 heavy (non-hydrogen) atoms. The summed E-state index contributed by atoms with van der Waals surface area (Å²) in [6.07, 6.45) is 0.803. The van der Waals surface area contributed by atoms with Gasteiger partial charge in [0.2, 0.25) is 0 Å². The van der Waals surface area contributed by atoms with Crippen LogP contribution in [-0.4, -0.2) is 6.54 Å². The number of hydrogen-bond donors (Lipinski definition) is 0. The van der Waals surface area contributed by atoms with Crippen LogP contribution in [-0.2, 0) is 6.42 Å². The lowest BCUT2D eigenvalue weighted by Crippen LogP contribution is -1.86. The summed E-state index contributed by atoms with van der Waals surface area (Å²) in [7, 11) is 0. The summed E-state index contributed by atoms with van der Waals surface area (Å²) >= 11 is 3.35. The van der Waals surface area contributed by atoms with Crippen molar-refractivity contribution in [1.82, 2.24) is 0 Å². The number of nitrogens with zero attached hydrogens (tertiary/aromatic N) is 3. The maximum atomic E-state index is 8.04. The molecular weight excluding hydrogens is 218 g/mol. The Hall–Kier alpha value is -0.990. The molecule has 3 nitrogen and oxygen atoms in total. The SMILES string of the molecule is [N-]=[N+]=NCCc1ccc(Br)cc1. The van der Waals surface area contributed by atoms with Gasteiger partial charge in [-0.2, -0.15) is 0 Å². The minimum atomic E-state index is 0.526. The first kappa shape index (κ1) is 9.10. The van der Waals surface area contributed by atoms with Crippen LogP contribution in [0.3, 0.4) is 0 Å². The van der Waals surface area contributed by atoms with Crippen LogP contribution in [0.2, 0.25) is 0 Å². The van der Waals surface area contributed by atoms with Gasteiger partial charge in [0, 0.05) is 15.9 Å². The molecule has 0 saturated heterocycles. The van der Waals surface area contributed by atoms with E-state index in [9.17, 15) is 0 Å². The summed E-state index contributed by atoms with van der Waals surface area (Å²) in [5.74, 6) is 0. The smallest absolute Gasteiger partial charge is 0.0298 e. The van der Waals surface area contributed by atoms with E-state index >= 15 is 0 Å². The first-order chi connectivity index (χ1) is 5.83. The van der Waals surface area contributed by atoms with Crippen molar-refractivity contribution in [3.63, 3.8) is 0 Å². The molecule has 0 saturated carbocycles. The van der Waals surface area contributed by atoms with Gasteiger partial charge in [-0.05, 0) is 29.6 Å². The summed E-state index contributed by atoms with van der Waals surface area (Å²) in [5, 5.41) is 3.46. The summed E-state index contributed by atoms with van der Waals surface area (Å²) < 4.78 is 1.06. The largest absolute Gasteiger partial charge is 0.0936 e. The Balaban J connectivity index is 2.53. The first-order valence-electron chi connectivity index (χ1n) is 3.58. The van der Waals surface area contributed by atoms with Crippen molar-refractivity contribution in [2.24, 2.45) is 5.11 Å². The van der Waals surface area contributed by atoms with E-state index in [1.165, 1.54) is 5.56 Å². The van der Waals surface area contributed by atoms with Crippen LogP contribution in [0.15, 0.2) is 33.9 Å².